The quantitative estimate of drug-likeness (QED) is 0.658. The number of sulfonamides is 1. The fraction of sp³-hybridized carbons (Fsp3) is 0.286. The first-order valence-electron chi connectivity index (χ1n) is 9.47. The minimum Gasteiger partial charge on any atom is -0.339 e. The summed E-state index contributed by atoms with van der Waals surface area (Å²) in [5, 5.41) is -0.406. The fourth-order valence-corrected chi connectivity index (χ4v) is 4.79. The normalized spacial score (nSPS) is 16.1. The number of piperidine rings is 1. The van der Waals surface area contributed by atoms with Crippen molar-refractivity contribution >= 4 is 33.6 Å². The van der Waals surface area contributed by atoms with Gasteiger partial charge >= 0.3 is 6.18 Å². The highest BCUT2D eigenvalue weighted by atomic mass is 35.5. The molecule has 0 atom stereocenters. The molecule has 2 aromatic rings. The Labute approximate surface area is 183 Å². The number of nitrogens with zero attached hydrogens (tertiary/aromatic N) is 1. The molecule has 1 aliphatic heterocycles. The molecule has 0 aromatic heterocycles. The van der Waals surface area contributed by atoms with Crippen LogP contribution in [0.15, 0.2) is 59.5 Å². The molecular formula is C21H20ClF3N2O3S. The van der Waals surface area contributed by atoms with E-state index in [1.807, 2.05) is 0 Å². The number of alkyl halides is 3. The van der Waals surface area contributed by atoms with Crippen molar-refractivity contribution in [3.8, 4) is 0 Å². The summed E-state index contributed by atoms with van der Waals surface area (Å²) in [6.07, 6.45) is -1.20. The molecule has 1 fully saturated rings. The number of rotatable bonds is 5. The highest BCUT2D eigenvalue weighted by Gasteiger charge is 2.33. The molecule has 0 saturated carbocycles. The van der Waals surface area contributed by atoms with Gasteiger partial charge in [0.1, 0.15) is 0 Å². The van der Waals surface area contributed by atoms with Gasteiger partial charge in [0.05, 0.1) is 15.5 Å². The fourth-order valence-electron chi connectivity index (χ4n) is 3.24. The summed E-state index contributed by atoms with van der Waals surface area (Å²) < 4.78 is 66.3. The second-order valence-electron chi connectivity index (χ2n) is 7.10. The molecule has 1 N–H and O–H groups in total. The lowest BCUT2D eigenvalue weighted by Crippen LogP contribution is -2.46. The summed E-state index contributed by atoms with van der Waals surface area (Å²) in [6, 6.07) is 11.1. The zero-order valence-electron chi connectivity index (χ0n) is 16.3. The molecule has 31 heavy (non-hydrogen) atoms. The van der Waals surface area contributed by atoms with Gasteiger partial charge in [-0.15, -0.1) is 0 Å². The molecule has 2 aromatic carbocycles. The van der Waals surface area contributed by atoms with Gasteiger partial charge in [-0.2, -0.15) is 13.2 Å². The molecule has 0 spiro atoms. The van der Waals surface area contributed by atoms with Crippen molar-refractivity contribution in [1.82, 2.24) is 9.62 Å². The summed E-state index contributed by atoms with van der Waals surface area (Å²) in [7, 11) is -3.63. The first-order valence-corrected chi connectivity index (χ1v) is 11.3. The van der Waals surface area contributed by atoms with E-state index in [0.717, 1.165) is 12.1 Å². The van der Waals surface area contributed by atoms with Gasteiger partial charge in [0.25, 0.3) is 0 Å². The summed E-state index contributed by atoms with van der Waals surface area (Å²) in [5.74, 6) is -0.354. The highest BCUT2D eigenvalue weighted by molar-refractivity contribution is 7.89. The molecule has 0 unspecified atom stereocenters. The van der Waals surface area contributed by atoms with Crippen LogP contribution in [0.5, 0.6) is 0 Å². The lowest BCUT2D eigenvalue weighted by molar-refractivity contribution is -0.137. The molecule has 1 amide bonds. The maximum Gasteiger partial charge on any atom is 0.417 e. The molecule has 1 saturated heterocycles. The Morgan fingerprint density at radius 1 is 1.10 bits per heavy atom. The van der Waals surface area contributed by atoms with Gasteiger partial charge in [-0.25, -0.2) is 13.1 Å². The smallest absolute Gasteiger partial charge is 0.339 e. The van der Waals surface area contributed by atoms with Crippen LogP contribution in [0.1, 0.15) is 24.0 Å². The number of hydrogen-bond acceptors (Lipinski definition) is 3. The Hall–Kier alpha value is -2.36. The summed E-state index contributed by atoms with van der Waals surface area (Å²) in [4.78, 5) is 14.1. The van der Waals surface area contributed by atoms with Gasteiger partial charge in [0.2, 0.25) is 15.9 Å². The van der Waals surface area contributed by atoms with Crippen molar-refractivity contribution in [1.29, 1.82) is 0 Å². The zero-order valence-corrected chi connectivity index (χ0v) is 17.8. The summed E-state index contributed by atoms with van der Waals surface area (Å²) >= 11 is 5.60. The third-order valence-corrected chi connectivity index (χ3v) is 6.76. The van der Waals surface area contributed by atoms with E-state index in [-0.39, 0.29) is 22.4 Å². The zero-order chi connectivity index (χ0) is 22.6. The number of carbonyl (C=O) groups excluding carboxylic acids is 1. The summed E-state index contributed by atoms with van der Waals surface area (Å²) in [6.45, 7) is 0.666. The van der Waals surface area contributed by atoms with Crippen LogP contribution in [0.3, 0.4) is 0 Å². The predicted molar refractivity (Wildman–Crippen MR) is 112 cm³/mol. The van der Waals surface area contributed by atoms with E-state index in [2.05, 4.69) is 4.72 Å². The van der Waals surface area contributed by atoms with Crippen LogP contribution in [-0.4, -0.2) is 38.4 Å². The van der Waals surface area contributed by atoms with Crippen LogP contribution >= 0.6 is 11.6 Å². The van der Waals surface area contributed by atoms with E-state index in [1.54, 1.807) is 18.2 Å². The van der Waals surface area contributed by atoms with E-state index in [9.17, 15) is 26.4 Å². The summed E-state index contributed by atoms with van der Waals surface area (Å²) in [5.41, 5.74) is -0.758. The van der Waals surface area contributed by atoms with E-state index >= 15 is 0 Å². The van der Waals surface area contributed by atoms with E-state index in [0.29, 0.717) is 25.9 Å². The first kappa shape index (κ1) is 23.3. The van der Waals surface area contributed by atoms with Crippen LogP contribution < -0.4 is 4.72 Å². The molecular weight excluding hydrogens is 453 g/mol. The molecule has 10 heteroatoms. The van der Waals surface area contributed by atoms with Gasteiger partial charge < -0.3 is 4.90 Å². The van der Waals surface area contributed by atoms with Crippen LogP contribution in [0.2, 0.25) is 5.02 Å². The highest BCUT2D eigenvalue weighted by Crippen LogP contribution is 2.35. The monoisotopic (exact) mass is 472 g/mol. The number of benzene rings is 2. The molecule has 0 radical (unpaired) electrons. The van der Waals surface area contributed by atoms with Crippen molar-refractivity contribution in [3.63, 3.8) is 0 Å². The molecule has 1 heterocycles. The Morgan fingerprint density at radius 3 is 2.35 bits per heavy atom. The number of halogens is 4. The van der Waals surface area contributed by atoms with Crippen molar-refractivity contribution in [2.24, 2.45) is 0 Å². The molecule has 5 nitrogen and oxygen atoms in total. The van der Waals surface area contributed by atoms with Gasteiger partial charge in [0.15, 0.2) is 0 Å². The van der Waals surface area contributed by atoms with Crippen molar-refractivity contribution in [2.75, 3.05) is 13.1 Å². The minimum atomic E-state index is -4.58. The molecule has 0 bridgehead atoms. The first-order chi connectivity index (χ1) is 14.6. The third kappa shape index (κ3) is 6.09. The molecule has 166 valence electrons. The topological polar surface area (TPSA) is 66.5 Å². The van der Waals surface area contributed by atoms with Gasteiger partial charge in [-0.05, 0) is 48.7 Å². The van der Waals surface area contributed by atoms with Crippen molar-refractivity contribution < 1.29 is 26.4 Å². The van der Waals surface area contributed by atoms with E-state index in [1.165, 1.54) is 35.3 Å². The predicted octanol–water partition coefficient (Wildman–Crippen LogP) is 4.34. The number of likely N-dealkylation sites (tertiary alicyclic amines) is 1. The second-order valence-corrected chi connectivity index (χ2v) is 9.23. The molecule has 0 aliphatic carbocycles. The SMILES string of the molecule is O=C(/C=C/c1ccc(Cl)c(C(F)(F)F)c1)N1CCC(NS(=O)(=O)c2ccccc2)CC1. The average molecular weight is 473 g/mol. The van der Waals surface area contributed by atoms with Gasteiger partial charge in [-0.1, -0.05) is 35.9 Å². The lowest BCUT2D eigenvalue weighted by atomic mass is 10.1. The van der Waals surface area contributed by atoms with Crippen molar-refractivity contribution in [3.05, 3.63) is 70.8 Å². The average Bonchev–Trinajstić information content (AvgIpc) is 2.73. The lowest BCUT2D eigenvalue weighted by Gasteiger charge is -2.31. The van der Waals surface area contributed by atoms with Crippen LogP contribution in [0.25, 0.3) is 6.08 Å². The Morgan fingerprint density at radius 2 is 1.74 bits per heavy atom. The second kappa shape index (κ2) is 9.42. The number of hydrogen-bond donors (Lipinski definition) is 1. The molecule has 3 rings (SSSR count). The van der Waals surface area contributed by atoms with E-state index in [4.69, 9.17) is 11.6 Å². The largest absolute Gasteiger partial charge is 0.417 e. The standard InChI is InChI=1S/C21H20ClF3N2O3S/c22-19-8-6-15(14-18(19)21(23,24)25)7-9-20(28)27-12-10-16(11-13-27)26-31(29,30)17-4-2-1-3-5-17/h1-9,14,16,26H,10-13H2/b9-7+. The Bertz CT molecular complexity index is 1070. The molecule has 1 aliphatic rings. The van der Waals surface area contributed by atoms with Crippen LogP contribution in [-0.2, 0) is 21.0 Å². The number of carbonyl (C=O) groups is 1. The number of nitrogens with one attached hydrogen (secondary N) is 1. The third-order valence-electron chi connectivity index (χ3n) is 4.90. The van der Waals surface area contributed by atoms with Crippen LogP contribution in [0, 0.1) is 0 Å². The minimum absolute atomic E-state index is 0.178. The maximum absolute atomic E-state index is 12.9. The maximum atomic E-state index is 12.9. The Balaban J connectivity index is 1.57. The Kier molecular flexibility index (Phi) is 7.08. The van der Waals surface area contributed by atoms with E-state index < -0.39 is 26.8 Å². The van der Waals surface area contributed by atoms with Crippen molar-refractivity contribution in [2.45, 2.75) is 30.0 Å². The van der Waals surface area contributed by atoms with Gasteiger partial charge in [-0.3, -0.25) is 4.79 Å². The van der Waals surface area contributed by atoms with Gasteiger partial charge in [0, 0.05) is 25.2 Å². The van der Waals surface area contributed by atoms with Crippen LogP contribution in [0.4, 0.5) is 13.2 Å². The number of amides is 1.